The molecule has 0 atom stereocenters. The average molecular weight is 298 g/mol. The van der Waals surface area contributed by atoms with Crippen LogP contribution in [0.4, 0.5) is 0 Å². The third-order valence-electron chi connectivity index (χ3n) is 4.95. The molecule has 114 valence electrons. The Labute approximate surface area is 138 Å². The molecule has 23 heavy (non-hydrogen) atoms. The van der Waals surface area contributed by atoms with E-state index in [9.17, 15) is 0 Å². The first-order chi connectivity index (χ1) is 11.0. The zero-order valence-electron chi connectivity index (χ0n) is 14.1. The monoisotopic (exact) mass is 298 g/mol. The van der Waals surface area contributed by atoms with Crippen LogP contribution in [0, 0.1) is 5.41 Å². The summed E-state index contributed by atoms with van der Waals surface area (Å²) >= 11 is 0. The predicted molar refractivity (Wildman–Crippen MR) is 101 cm³/mol. The summed E-state index contributed by atoms with van der Waals surface area (Å²) in [7, 11) is 0. The molecule has 0 saturated carbocycles. The summed E-state index contributed by atoms with van der Waals surface area (Å²) in [5, 5.41) is 2.65. The van der Waals surface area contributed by atoms with E-state index in [4.69, 9.17) is 0 Å². The van der Waals surface area contributed by atoms with Gasteiger partial charge in [-0.05, 0) is 44.9 Å². The van der Waals surface area contributed by atoms with Crippen molar-refractivity contribution in [3.63, 3.8) is 0 Å². The van der Waals surface area contributed by atoms with Gasteiger partial charge in [-0.3, -0.25) is 0 Å². The quantitative estimate of drug-likeness (QED) is 0.481. The zero-order chi connectivity index (χ0) is 16.0. The lowest BCUT2D eigenvalue weighted by Gasteiger charge is -2.20. The Morgan fingerprint density at radius 3 is 2.26 bits per heavy atom. The first-order valence-electron chi connectivity index (χ1n) is 8.35. The highest BCUT2D eigenvalue weighted by molar-refractivity contribution is 5.98. The van der Waals surface area contributed by atoms with Crippen LogP contribution in [0.3, 0.4) is 0 Å². The van der Waals surface area contributed by atoms with Gasteiger partial charge in [-0.15, -0.1) is 0 Å². The zero-order valence-corrected chi connectivity index (χ0v) is 14.1. The lowest BCUT2D eigenvalue weighted by Crippen LogP contribution is -2.09. The van der Waals surface area contributed by atoms with Crippen LogP contribution in [0.5, 0.6) is 0 Å². The van der Waals surface area contributed by atoms with Crippen LogP contribution in [0.25, 0.3) is 28.0 Å². The molecule has 0 heteroatoms. The van der Waals surface area contributed by atoms with Crippen molar-refractivity contribution in [3.8, 4) is 11.1 Å². The van der Waals surface area contributed by atoms with Gasteiger partial charge < -0.3 is 0 Å². The molecule has 0 fully saturated rings. The number of allylic oxidation sites excluding steroid dienone is 1. The summed E-state index contributed by atoms with van der Waals surface area (Å²) < 4.78 is 0. The minimum atomic E-state index is 0.231. The molecular formula is C23H22. The topological polar surface area (TPSA) is 0 Å². The van der Waals surface area contributed by atoms with Gasteiger partial charge in [-0.25, -0.2) is 0 Å². The molecule has 4 rings (SSSR count). The molecule has 0 N–H and O–H groups in total. The van der Waals surface area contributed by atoms with Crippen LogP contribution < -0.4 is 0 Å². The number of rotatable bonds is 1. The van der Waals surface area contributed by atoms with E-state index in [-0.39, 0.29) is 5.41 Å². The molecule has 1 aliphatic carbocycles. The van der Waals surface area contributed by atoms with E-state index in [0.29, 0.717) is 0 Å². The molecule has 0 bridgehead atoms. The third-order valence-corrected chi connectivity index (χ3v) is 4.95. The van der Waals surface area contributed by atoms with Crippen molar-refractivity contribution in [1.29, 1.82) is 0 Å². The Balaban J connectivity index is 1.90. The molecule has 0 aliphatic heterocycles. The van der Waals surface area contributed by atoms with Gasteiger partial charge in [0.25, 0.3) is 0 Å². The van der Waals surface area contributed by atoms with Gasteiger partial charge in [0.05, 0.1) is 0 Å². The Morgan fingerprint density at radius 2 is 1.43 bits per heavy atom. The van der Waals surface area contributed by atoms with E-state index in [1.807, 2.05) is 0 Å². The molecule has 0 nitrogen and oxygen atoms in total. The molecule has 0 heterocycles. The molecule has 0 amide bonds. The van der Waals surface area contributed by atoms with E-state index in [0.717, 1.165) is 6.42 Å². The van der Waals surface area contributed by atoms with Crippen molar-refractivity contribution in [2.75, 3.05) is 0 Å². The van der Waals surface area contributed by atoms with Crippen LogP contribution in [0.2, 0.25) is 0 Å². The van der Waals surface area contributed by atoms with Crippen molar-refractivity contribution < 1.29 is 0 Å². The first kappa shape index (κ1) is 14.3. The average Bonchev–Trinajstić information content (AvgIpc) is 2.99. The standard InChI is InChI=1S/C23H22/c1-23(2,3)18-14-17-10-7-13-21(22(17)15-18)20-12-6-9-16-8-4-5-11-19(16)20/h4-14H,15H2,1-3H3. The van der Waals surface area contributed by atoms with E-state index < -0.39 is 0 Å². The molecule has 0 saturated heterocycles. The second-order valence-corrected chi connectivity index (χ2v) is 7.50. The van der Waals surface area contributed by atoms with Gasteiger partial charge in [-0.1, -0.05) is 93.1 Å². The fraction of sp³-hybridized carbons (Fsp3) is 0.217. The molecule has 3 aromatic carbocycles. The van der Waals surface area contributed by atoms with Crippen LogP contribution in [-0.2, 0) is 6.42 Å². The van der Waals surface area contributed by atoms with E-state index in [1.54, 1.807) is 0 Å². The Morgan fingerprint density at radius 1 is 0.739 bits per heavy atom. The minimum absolute atomic E-state index is 0.231. The van der Waals surface area contributed by atoms with Crippen molar-refractivity contribution >= 4 is 16.8 Å². The summed E-state index contributed by atoms with van der Waals surface area (Å²) in [6, 6.07) is 22.0. The highest BCUT2D eigenvalue weighted by Gasteiger charge is 2.25. The molecule has 1 aliphatic rings. The summed E-state index contributed by atoms with van der Waals surface area (Å²) in [5.74, 6) is 0. The van der Waals surface area contributed by atoms with Crippen molar-refractivity contribution in [3.05, 3.63) is 77.4 Å². The number of hydrogen-bond acceptors (Lipinski definition) is 0. The van der Waals surface area contributed by atoms with Gasteiger partial charge in [0.15, 0.2) is 0 Å². The molecule has 0 spiro atoms. The summed E-state index contributed by atoms with van der Waals surface area (Å²) in [6.07, 6.45) is 3.46. The lowest BCUT2D eigenvalue weighted by molar-refractivity contribution is 0.498. The predicted octanol–water partition coefficient (Wildman–Crippen LogP) is 6.49. The maximum atomic E-state index is 2.39. The van der Waals surface area contributed by atoms with Crippen molar-refractivity contribution in [2.24, 2.45) is 5.41 Å². The smallest absolute Gasteiger partial charge is 0.00464 e. The normalized spacial score (nSPS) is 14.0. The fourth-order valence-electron chi connectivity index (χ4n) is 3.56. The van der Waals surface area contributed by atoms with Crippen LogP contribution in [0.15, 0.2) is 66.2 Å². The molecular weight excluding hydrogens is 276 g/mol. The maximum absolute atomic E-state index is 2.39. The first-order valence-corrected chi connectivity index (χ1v) is 8.35. The summed E-state index contributed by atoms with van der Waals surface area (Å²) in [6.45, 7) is 6.92. The number of benzene rings is 3. The van der Waals surface area contributed by atoms with E-state index in [2.05, 4.69) is 87.5 Å². The second-order valence-electron chi connectivity index (χ2n) is 7.50. The second kappa shape index (κ2) is 5.09. The molecule has 0 aromatic heterocycles. The number of hydrogen-bond donors (Lipinski definition) is 0. The summed E-state index contributed by atoms with van der Waals surface area (Å²) in [5.41, 5.74) is 7.36. The highest BCUT2D eigenvalue weighted by Crippen LogP contribution is 2.41. The van der Waals surface area contributed by atoms with Gasteiger partial charge >= 0.3 is 0 Å². The Hall–Kier alpha value is -2.34. The Bertz CT molecular complexity index is 915. The SMILES string of the molecule is CC(C)(C)C1=Cc2cccc(-c3cccc4ccccc34)c2C1. The van der Waals surface area contributed by atoms with Crippen LogP contribution in [-0.4, -0.2) is 0 Å². The molecule has 0 unspecified atom stereocenters. The Kier molecular flexibility index (Phi) is 3.16. The molecule has 0 radical (unpaired) electrons. The van der Waals surface area contributed by atoms with Crippen molar-refractivity contribution in [1.82, 2.24) is 0 Å². The van der Waals surface area contributed by atoms with Crippen LogP contribution in [0.1, 0.15) is 31.9 Å². The van der Waals surface area contributed by atoms with Gasteiger partial charge in [0.2, 0.25) is 0 Å². The summed E-state index contributed by atoms with van der Waals surface area (Å²) in [4.78, 5) is 0. The van der Waals surface area contributed by atoms with Gasteiger partial charge in [0.1, 0.15) is 0 Å². The van der Waals surface area contributed by atoms with Crippen LogP contribution >= 0.6 is 0 Å². The van der Waals surface area contributed by atoms with Gasteiger partial charge in [0, 0.05) is 0 Å². The highest BCUT2D eigenvalue weighted by atomic mass is 14.3. The minimum Gasteiger partial charge on any atom is -0.0616 e. The fourth-order valence-corrected chi connectivity index (χ4v) is 3.56. The maximum Gasteiger partial charge on any atom is -0.00464 e. The van der Waals surface area contributed by atoms with Gasteiger partial charge in [-0.2, -0.15) is 0 Å². The van der Waals surface area contributed by atoms with E-state index in [1.165, 1.54) is 38.6 Å². The lowest BCUT2D eigenvalue weighted by atomic mass is 9.84. The van der Waals surface area contributed by atoms with E-state index >= 15 is 0 Å². The van der Waals surface area contributed by atoms with Crippen molar-refractivity contribution in [2.45, 2.75) is 27.2 Å². The third kappa shape index (κ3) is 2.39. The number of fused-ring (bicyclic) bond motifs is 2. The molecule has 3 aromatic rings. The largest absolute Gasteiger partial charge is 0.0616 e.